The predicted octanol–water partition coefficient (Wildman–Crippen LogP) is 3.68. The van der Waals surface area contributed by atoms with Crippen LogP contribution in [0.2, 0.25) is 0 Å². The van der Waals surface area contributed by atoms with E-state index in [0.717, 1.165) is 51.9 Å². The summed E-state index contributed by atoms with van der Waals surface area (Å²) in [5.74, 6) is 0. The number of anilines is 1. The third-order valence-corrected chi connectivity index (χ3v) is 7.22. The second kappa shape index (κ2) is 7.98. The number of nitrogens with one attached hydrogen (secondary N) is 1. The van der Waals surface area contributed by atoms with Crippen molar-refractivity contribution in [3.05, 3.63) is 53.0 Å². The highest BCUT2D eigenvalue weighted by molar-refractivity contribution is 7.29. The van der Waals surface area contributed by atoms with E-state index >= 15 is 0 Å². The maximum Gasteiger partial charge on any atom is 0.257 e. The predicted molar refractivity (Wildman–Crippen MR) is 119 cm³/mol. The largest absolute Gasteiger partial charge is 0.348 e. The van der Waals surface area contributed by atoms with Gasteiger partial charge < -0.3 is 10.2 Å². The fourth-order valence-electron chi connectivity index (χ4n) is 3.44. The molecule has 0 radical (unpaired) electrons. The van der Waals surface area contributed by atoms with E-state index in [-0.39, 0.29) is 5.56 Å². The minimum absolute atomic E-state index is 0.104. The Hall–Kier alpha value is -2.29. The van der Waals surface area contributed by atoms with Crippen LogP contribution in [0.4, 0.5) is 5.13 Å². The maximum atomic E-state index is 12.6. The van der Waals surface area contributed by atoms with Crippen LogP contribution in [0, 0.1) is 0 Å². The maximum absolute atomic E-state index is 12.6. The van der Waals surface area contributed by atoms with Gasteiger partial charge in [-0.1, -0.05) is 41.4 Å². The first-order valence-corrected chi connectivity index (χ1v) is 11.0. The van der Waals surface area contributed by atoms with E-state index in [1.807, 2.05) is 19.1 Å². The van der Waals surface area contributed by atoms with Crippen molar-refractivity contribution in [1.29, 1.82) is 0 Å². The van der Waals surface area contributed by atoms with Gasteiger partial charge in [-0.3, -0.25) is 9.36 Å². The van der Waals surface area contributed by atoms with Crippen LogP contribution in [-0.4, -0.2) is 40.7 Å². The van der Waals surface area contributed by atoms with Crippen molar-refractivity contribution in [1.82, 2.24) is 19.9 Å². The Kier molecular flexibility index (Phi) is 5.43. The second-order valence-corrected chi connectivity index (χ2v) is 8.68. The molecule has 0 aliphatic carbocycles. The van der Waals surface area contributed by atoms with Crippen LogP contribution in [-0.2, 0) is 0 Å². The molecule has 1 aliphatic rings. The Morgan fingerprint density at radius 1 is 1.32 bits per heavy atom. The molecule has 1 saturated heterocycles. The first-order valence-electron chi connectivity index (χ1n) is 9.34. The Labute approximate surface area is 171 Å². The van der Waals surface area contributed by atoms with Crippen molar-refractivity contribution in [3.63, 3.8) is 0 Å². The van der Waals surface area contributed by atoms with Crippen molar-refractivity contribution >= 4 is 43.0 Å². The molecule has 4 heterocycles. The zero-order valence-corrected chi connectivity index (χ0v) is 17.6. The zero-order valence-electron chi connectivity index (χ0n) is 16.0. The summed E-state index contributed by atoms with van der Waals surface area (Å²) < 4.78 is 1.58. The Balaban J connectivity index is 1.61. The molecule has 3 aromatic rings. The highest BCUT2D eigenvalue weighted by Gasteiger charge is 2.22. The van der Waals surface area contributed by atoms with Gasteiger partial charge in [0.15, 0.2) is 19.9 Å². The van der Waals surface area contributed by atoms with E-state index in [1.165, 1.54) is 11.3 Å². The minimum atomic E-state index is -0.104. The van der Waals surface area contributed by atoms with Gasteiger partial charge >= 0.3 is 0 Å². The van der Waals surface area contributed by atoms with Gasteiger partial charge in [-0.05, 0) is 50.1 Å². The van der Waals surface area contributed by atoms with E-state index in [9.17, 15) is 4.79 Å². The van der Waals surface area contributed by atoms with Crippen LogP contribution < -0.4 is 15.8 Å². The molecule has 28 heavy (non-hydrogen) atoms. The average molecular weight is 414 g/mol. The Morgan fingerprint density at radius 3 is 2.71 bits per heavy atom. The number of fused-ring (bicyclic) bond motifs is 1. The van der Waals surface area contributed by atoms with E-state index in [4.69, 9.17) is 4.98 Å². The monoisotopic (exact) mass is 413 g/mol. The minimum Gasteiger partial charge on any atom is -0.348 e. The zero-order chi connectivity index (χ0) is 19.7. The molecule has 1 fully saturated rings. The molecule has 146 valence electrons. The average Bonchev–Trinajstić information content (AvgIpc) is 3.28. The summed E-state index contributed by atoms with van der Waals surface area (Å²) in [4.78, 5) is 26.1. The van der Waals surface area contributed by atoms with Gasteiger partial charge in [0.25, 0.3) is 5.56 Å². The normalized spacial score (nSPS) is 15.9. The lowest BCUT2D eigenvalue weighted by atomic mass is 10.1. The number of hydrogen-bond acceptors (Lipinski definition) is 7. The highest BCUT2D eigenvalue weighted by atomic mass is 32.1. The number of rotatable bonds is 5. The summed E-state index contributed by atoms with van der Waals surface area (Å²) in [6.45, 7) is 7.83. The summed E-state index contributed by atoms with van der Waals surface area (Å²) in [7, 11) is 2.11. The van der Waals surface area contributed by atoms with E-state index < -0.39 is 0 Å². The molecule has 1 N–H and O–H groups in total. The summed E-state index contributed by atoms with van der Waals surface area (Å²) in [6, 6.07) is 4.05. The Morgan fingerprint density at radius 2 is 2.07 bits per heavy atom. The van der Waals surface area contributed by atoms with Gasteiger partial charge in [0.2, 0.25) is 0 Å². The van der Waals surface area contributed by atoms with Crippen molar-refractivity contribution < 1.29 is 0 Å². The van der Waals surface area contributed by atoms with Gasteiger partial charge in [0.1, 0.15) is 0 Å². The number of allylic oxidation sites excluding steroid dienone is 3. The standard InChI is InChI=1S/C20H23N5OS2/c1-4-13(5-2)14-8-11-25(16(26)12-14)20-23-18-17(28-20)22-19(27-18)24(3)15-6-9-21-10-7-15/h4-5,8,11-12,15,21H,1,6-7,9-10H2,2-3H3/b13-5+. The van der Waals surface area contributed by atoms with Crippen molar-refractivity contribution in [2.45, 2.75) is 25.8 Å². The number of pyridine rings is 1. The number of aromatic nitrogens is 3. The molecule has 0 aromatic carbocycles. The molecule has 0 saturated carbocycles. The highest BCUT2D eigenvalue weighted by Crippen LogP contribution is 2.34. The number of hydrogen-bond donors (Lipinski definition) is 1. The quantitative estimate of drug-likeness (QED) is 0.647. The molecule has 0 unspecified atom stereocenters. The van der Waals surface area contributed by atoms with Gasteiger partial charge in [-0.15, -0.1) is 0 Å². The Bertz CT molecular complexity index is 1060. The molecule has 0 bridgehead atoms. The number of piperidine rings is 1. The molecule has 0 spiro atoms. The van der Waals surface area contributed by atoms with Crippen molar-refractivity contribution in [3.8, 4) is 5.13 Å². The lowest BCUT2D eigenvalue weighted by Crippen LogP contribution is -2.41. The van der Waals surface area contributed by atoms with E-state index in [1.54, 1.807) is 34.2 Å². The molecule has 1 aliphatic heterocycles. The van der Waals surface area contributed by atoms with Crippen molar-refractivity contribution in [2.24, 2.45) is 0 Å². The molecule has 0 amide bonds. The smallest absolute Gasteiger partial charge is 0.257 e. The number of thiazole rings is 2. The molecule has 4 rings (SSSR count). The topological polar surface area (TPSA) is 63.1 Å². The van der Waals surface area contributed by atoms with Gasteiger partial charge in [-0.2, -0.15) is 0 Å². The molecular weight excluding hydrogens is 390 g/mol. The molecule has 3 aromatic heterocycles. The van der Waals surface area contributed by atoms with Gasteiger partial charge in [-0.25, -0.2) is 9.97 Å². The summed E-state index contributed by atoms with van der Waals surface area (Å²) >= 11 is 3.04. The van der Waals surface area contributed by atoms with Crippen molar-refractivity contribution in [2.75, 3.05) is 25.0 Å². The third-order valence-electron chi connectivity index (χ3n) is 5.10. The molecule has 6 nitrogen and oxygen atoms in total. The van der Waals surface area contributed by atoms with Crippen LogP contribution in [0.5, 0.6) is 0 Å². The summed E-state index contributed by atoms with van der Waals surface area (Å²) in [5, 5.41) is 5.05. The lowest BCUT2D eigenvalue weighted by molar-refractivity contribution is 0.443. The van der Waals surface area contributed by atoms with Gasteiger partial charge in [0, 0.05) is 25.4 Å². The SMILES string of the molecule is C=C/C(=C\C)c1ccn(-c2nc3sc(N(C)C4CCNCC4)nc3s2)c(=O)c1. The fraction of sp³-hybridized carbons (Fsp3) is 0.350. The number of nitrogens with zero attached hydrogens (tertiary/aromatic N) is 4. The van der Waals surface area contributed by atoms with Crippen LogP contribution in [0.3, 0.4) is 0 Å². The first-order chi connectivity index (χ1) is 13.6. The first kappa shape index (κ1) is 19.0. The van der Waals surface area contributed by atoms with E-state index in [2.05, 4.69) is 28.8 Å². The van der Waals surface area contributed by atoms with Gasteiger partial charge in [0.05, 0.1) is 0 Å². The second-order valence-electron chi connectivity index (χ2n) is 6.77. The van der Waals surface area contributed by atoms with Crippen LogP contribution in [0.1, 0.15) is 25.3 Å². The summed E-state index contributed by atoms with van der Waals surface area (Å²) in [6.07, 6.45) is 7.72. The molecule has 0 atom stereocenters. The molecule has 8 heteroatoms. The third kappa shape index (κ3) is 3.55. The fourth-order valence-corrected chi connectivity index (χ4v) is 5.50. The van der Waals surface area contributed by atoms with Crippen LogP contribution in [0.15, 0.2) is 41.9 Å². The molecular formula is C20H23N5OS2. The van der Waals surface area contributed by atoms with E-state index in [0.29, 0.717) is 11.2 Å². The van der Waals surface area contributed by atoms with Crippen LogP contribution >= 0.6 is 22.7 Å². The summed E-state index contributed by atoms with van der Waals surface area (Å²) in [5.41, 5.74) is 1.70. The lowest BCUT2D eigenvalue weighted by Gasteiger charge is -2.31. The van der Waals surface area contributed by atoms with Crippen LogP contribution in [0.25, 0.3) is 20.4 Å².